The zero-order chi connectivity index (χ0) is 15.4. The molecule has 0 N–H and O–H groups in total. The SMILES string of the molecule is O=C(Oc1ccccc1)C1CC(=O)N(Cc2ccccc2)C1. The number of hydrogen-bond donors (Lipinski definition) is 0. The van der Waals surface area contributed by atoms with Crippen molar-refractivity contribution in [3.8, 4) is 5.75 Å². The van der Waals surface area contributed by atoms with Gasteiger partial charge in [0.1, 0.15) is 5.75 Å². The number of likely N-dealkylation sites (tertiary alicyclic amines) is 1. The number of carbonyl (C=O) groups is 2. The van der Waals surface area contributed by atoms with E-state index < -0.39 is 5.92 Å². The Morgan fingerprint density at radius 3 is 2.36 bits per heavy atom. The lowest BCUT2D eigenvalue weighted by molar-refractivity contribution is -0.139. The fourth-order valence-corrected chi connectivity index (χ4v) is 2.57. The average Bonchev–Trinajstić information content (AvgIpc) is 2.90. The van der Waals surface area contributed by atoms with Crippen molar-refractivity contribution < 1.29 is 14.3 Å². The maximum absolute atomic E-state index is 12.2. The summed E-state index contributed by atoms with van der Waals surface area (Å²) in [4.78, 5) is 25.9. The summed E-state index contributed by atoms with van der Waals surface area (Å²) in [6.45, 7) is 0.953. The molecule has 2 aromatic carbocycles. The van der Waals surface area contributed by atoms with Gasteiger partial charge in [-0.3, -0.25) is 9.59 Å². The van der Waals surface area contributed by atoms with Crippen molar-refractivity contribution >= 4 is 11.9 Å². The molecule has 3 rings (SSSR count). The van der Waals surface area contributed by atoms with Gasteiger partial charge in [-0.05, 0) is 17.7 Å². The van der Waals surface area contributed by atoms with Gasteiger partial charge in [0.15, 0.2) is 0 Å². The Labute approximate surface area is 129 Å². The van der Waals surface area contributed by atoms with Crippen LogP contribution in [0.3, 0.4) is 0 Å². The van der Waals surface area contributed by atoms with E-state index in [1.165, 1.54) is 0 Å². The molecule has 0 radical (unpaired) electrons. The topological polar surface area (TPSA) is 46.6 Å². The van der Waals surface area contributed by atoms with E-state index in [-0.39, 0.29) is 18.3 Å². The van der Waals surface area contributed by atoms with E-state index in [1.807, 2.05) is 48.5 Å². The van der Waals surface area contributed by atoms with Crippen LogP contribution in [0.15, 0.2) is 60.7 Å². The standard InChI is InChI=1S/C18H17NO3/c20-17-11-15(18(21)22-16-9-5-2-6-10-16)13-19(17)12-14-7-3-1-4-8-14/h1-10,15H,11-13H2. The van der Waals surface area contributed by atoms with Gasteiger partial charge in [-0.2, -0.15) is 0 Å². The van der Waals surface area contributed by atoms with Crippen molar-refractivity contribution in [3.63, 3.8) is 0 Å². The second-order valence-electron chi connectivity index (χ2n) is 5.40. The average molecular weight is 295 g/mol. The summed E-state index contributed by atoms with van der Waals surface area (Å²) in [5.41, 5.74) is 1.06. The molecule has 1 atom stereocenters. The second kappa shape index (κ2) is 6.43. The number of benzene rings is 2. The molecule has 1 fully saturated rings. The number of hydrogen-bond acceptors (Lipinski definition) is 3. The highest BCUT2D eigenvalue weighted by Gasteiger charge is 2.35. The van der Waals surface area contributed by atoms with Crippen molar-refractivity contribution in [1.82, 2.24) is 4.90 Å². The lowest BCUT2D eigenvalue weighted by Crippen LogP contribution is -2.27. The van der Waals surface area contributed by atoms with Crippen LogP contribution in [0.25, 0.3) is 0 Å². The fraction of sp³-hybridized carbons (Fsp3) is 0.222. The van der Waals surface area contributed by atoms with Crippen LogP contribution in [0, 0.1) is 5.92 Å². The molecule has 4 nitrogen and oxygen atoms in total. The van der Waals surface area contributed by atoms with Crippen LogP contribution < -0.4 is 4.74 Å². The molecule has 22 heavy (non-hydrogen) atoms. The lowest BCUT2D eigenvalue weighted by Gasteiger charge is -2.16. The third-order valence-corrected chi connectivity index (χ3v) is 3.73. The van der Waals surface area contributed by atoms with Gasteiger partial charge >= 0.3 is 5.97 Å². The Morgan fingerprint density at radius 1 is 1.05 bits per heavy atom. The zero-order valence-corrected chi connectivity index (χ0v) is 12.1. The van der Waals surface area contributed by atoms with Crippen molar-refractivity contribution in [2.24, 2.45) is 5.92 Å². The number of ether oxygens (including phenoxy) is 1. The highest BCUT2D eigenvalue weighted by atomic mass is 16.5. The molecule has 1 amide bonds. The number of rotatable bonds is 4. The molecule has 1 heterocycles. The normalized spacial score (nSPS) is 17.5. The third-order valence-electron chi connectivity index (χ3n) is 3.73. The van der Waals surface area contributed by atoms with E-state index in [1.54, 1.807) is 17.0 Å². The van der Waals surface area contributed by atoms with Crippen LogP contribution >= 0.6 is 0 Å². The molecule has 112 valence electrons. The molecule has 4 heteroatoms. The molecule has 2 aromatic rings. The summed E-state index contributed by atoms with van der Waals surface area (Å²) in [6, 6.07) is 18.7. The van der Waals surface area contributed by atoms with E-state index in [2.05, 4.69) is 0 Å². The molecular weight excluding hydrogens is 278 g/mol. The molecule has 1 aliphatic rings. The Kier molecular flexibility index (Phi) is 4.19. The smallest absolute Gasteiger partial charge is 0.316 e. The van der Waals surface area contributed by atoms with Crippen LogP contribution in [0.1, 0.15) is 12.0 Å². The summed E-state index contributed by atoms with van der Waals surface area (Å²) in [5, 5.41) is 0. The quantitative estimate of drug-likeness (QED) is 0.643. The summed E-state index contributed by atoms with van der Waals surface area (Å²) in [6.07, 6.45) is 0.221. The first-order valence-electron chi connectivity index (χ1n) is 7.31. The Morgan fingerprint density at radius 2 is 1.68 bits per heavy atom. The van der Waals surface area contributed by atoms with E-state index >= 15 is 0 Å². The summed E-state index contributed by atoms with van der Waals surface area (Å²) >= 11 is 0. The maximum atomic E-state index is 12.2. The van der Waals surface area contributed by atoms with Gasteiger partial charge in [0.2, 0.25) is 5.91 Å². The highest BCUT2D eigenvalue weighted by Crippen LogP contribution is 2.22. The Hall–Kier alpha value is -2.62. The largest absolute Gasteiger partial charge is 0.426 e. The summed E-state index contributed by atoms with van der Waals surface area (Å²) in [5.74, 6) is -0.216. The molecular formula is C18H17NO3. The van der Waals surface area contributed by atoms with Crippen LogP contribution in [0.4, 0.5) is 0 Å². The number of amides is 1. The first kappa shape index (κ1) is 14.3. The second-order valence-corrected chi connectivity index (χ2v) is 5.40. The number of esters is 1. The van der Waals surface area contributed by atoms with Crippen molar-refractivity contribution in [1.29, 1.82) is 0 Å². The summed E-state index contributed by atoms with van der Waals surface area (Å²) in [7, 11) is 0. The van der Waals surface area contributed by atoms with E-state index in [0.717, 1.165) is 5.56 Å². The van der Waals surface area contributed by atoms with Crippen LogP contribution in [-0.4, -0.2) is 23.3 Å². The van der Waals surface area contributed by atoms with Gasteiger partial charge in [-0.25, -0.2) is 0 Å². The first-order chi connectivity index (χ1) is 10.7. The molecule has 1 aliphatic heterocycles. The van der Waals surface area contributed by atoms with Crippen molar-refractivity contribution in [3.05, 3.63) is 66.2 Å². The van der Waals surface area contributed by atoms with Crippen LogP contribution in [-0.2, 0) is 16.1 Å². The number of para-hydroxylation sites is 1. The fourth-order valence-electron chi connectivity index (χ4n) is 2.57. The molecule has 0 spiro atoms. The Bertz CT molecular complexity index is 655. The van der Waals surface area contributed by atoms with E-state index in [9.17, 15) is 9.59 Å². The van der Waals surface area contributed by atoms with Gasteiger partial charge < -0.3 is 9.64 Å². The van der Waals surface area contributed by atoms with Crippen LogP contribution in [0.5, 0.6) is 5.75 Å². The van der Waals surface area contributed by atoms with Crippen LogP contribution in [0.2, 0.25) is 0 Å². The predicted molar refractivity (Wildman–Crippen MR) is 82.0 cm³/mol. The molecule has 0 bridgehead atoms. The molecule has 1 unspecified atom stereocenters. The van der Waals surface area contributed by atoms with Gasteiger partial charge in [-0.15, -0.1) is 0 Å². The van der Waals surface area contributed by atoms with Gasteiger partial charge in [0.25, 0.3) is 0 Å². The van der Waals surface area contributed by atoms with Gasteiger partial charge in [0.05, 0.1) is 5.92 Å². The summed E-state index contributed by atoms with van der Waals surface area (Å²) < 4.78 is 5.33. The Balaban J connectivity index is 1.60. The molecule has 0 aliphatic carbocycles. The predicted octanol–water partition coefficient (Wildman–Crippen LogP) is 2.64. The molecule has 0 aromatic heterocycles. The number of carbonyl (C=O) groups excluding carboxylic acids is 2. The minimum absolute atomic E-state index is 0.00105. The van der Waals surface area contributed by atoms with Gasteiger partial charge in [0, 0.05) is 19.5 Å². The van der Waals surface area contributed by atoms with E-state index in [0.29, 0.717) is 18.8 Å². The van der Waals surface area contributed by atoms with E-state index in [4.69, 9.17) is 4.74 Å². The number of nitrogens with zero attached hydrogens (tertiary/aromatic N) is 1. The first-order valence-corrected chi connectivity index (χ1v) is 7.31. The minimum atomic E-state index is -0.392. The maximum Gasteiger partial charge on any atom is 0.316 e. The van der Waals surface area contributed by atoms with Crippen molar-refractivity contribution in [2.45, 2.75) is 13.0 Å². The van der Waals surface area contributed by atoms with Crippen molar-refractivity contribution in [2.75, 3.05) is 6.54 Å². The third kappa shape index (κ3) is 3.34. The lowest BCUT2D eigenvalue weighted by atomic mass is 10.1. The molecule has 1 saturated heterocycles. The minimum Gasteiger partial charge on any atom is -0.426 e. The van der Waals surface area contributed by atoms with Gasteiger partial charge in [-0.1, -0.05) is 48.5 Å². The molecule has 0 saturated carbocycles. The highest BCUT2D eigenvalue weighted by molar-refractivity contribution is 5.87. The monoisotopic (exact) mass is 295 g/mol. The zero-order valence-electron chi connectivity index (χ0n) is 12.1.